The number of carbonyl (C=O) groups is 2. The van der Waals surface area contributed by atoms with Crippen LogP contribution in [0.15, 0.2) is 0 Å². The zero-order valence-electron chi connectivity index (χ0n) is 6.86. The van der Waals surface area contributed by atoms with Gasteiger partial charge >= 0.3 is 11.9 Å². The highest BCUT2D eigenvalue weighted by Crippen LogP contribution is 2.05. The van der Waals surface area contributed by atoms with Gasteiger partial charge < -0.3 is 10.2 Å². The molecule has 0 aromatic rings. The van der Waals surface area contributed by atoms with Crippen LogP contribution in [-0.2, 0) is 9.59 Å². The molecule has 0 aromatic heterocycles. The number of aliphatic carboxylic acids is 2. The van der Waals surface area contributed by atoms with E-state index >= 15 is 0 Å². The van der Waals surface area contributed by atoms with E-state index in [0.717, 1.165) is 0 Å². The molecule has 4 heteroatoms. The molecule has 0 heterocycles. The standard InChI is InChI=1S/C6H10O4.C2H2/c1-2-3-4(5(7)8)6(9)10;1-2/h4H,2-3H2,1H3,(H,7,8)(H,9,10);1-2H. The Hall–Kier alpha value is -1.50. The Bertz CT molecular complexity index is 157. The second-order valence-electron chi connectivity index (χ2n) is 2.02. The molecule has 0 rings (SSSR count). The van der Waals surface area contributed by atoms with Crippen molar-refractivity contribution in [3.8, 4) is 12.8 Å². The fraction of sp³-hybridized carbons (Fsp3) is 0.500. The number of hydrogen-bond acceptors (Lipinski definition) is 2. The number of terminal acetylenes is 1. The first-order valence-electron chi connectivity index (χ1n) is 3.38. The van der Waals surface area contributed by atoms with Crippen LogP contribution < -0.4 is 0 Å². The fourth-order valence-electron chi connectivity index (χ4n) is 0.641. The van der Waals surface area contributed by atoms with Crippen LogP contribution in [0, 0.1) is 18.8 Å². The molecule has 0 aliphatic carbocycles. The lowest BCUT2D eigenvalue weighted by Crippen LogP contribution is -2.22. The smallest absolute Gasteiger partial charge is 0.317 e. The minimum absolute atomic E-state index is 0.199. The molecular formula is C8H12O4. The van der Waals surface area contributed by atoms with E-state index in [2.05, 4.69) is 12.8 Å². The van der Waals surface area contributed by atoms with Crippen molar-refractivity contribution >= 4 is 11.9 Å². The maximum absolute atomic E-state index is 10.2. The Kier molecular flexibility index (Phi) is 8.31. The van der Waals surface area contributed by atoms with Gasteiger partial charge in [0.25, 0.3) is 0 Å². The molecule has 2 N–H and O–H groups in total. The first-order chi connectivity index (χ1) is 5.59. The highest BCUT2D eigenvalue weighted by molar-refractivity contribution is 5.92. The number of carboxylic acids is 2. The number of rotatable bonds is 4. The Morgan fingerprint density at radius 2 is 1.58 bits per heavy atom. The van der Waals surface area contributed by atoms with Crippen LogP contribution in [0.3, 0.4) is 0 Å². The normalized spacial score (nSPS) is 8.33. The molecule has 0 fully saturated rings. The van der Waals surface area contributed by atoms with Crippen molar-refractivity contribution in [3.63, 3.8) is 0 Å². The molecule has 0 aromatic carbocycles. The van der Waals surface area contributed by atoms with E-state index in [-0.39, 0.29) is 6.42 Å². The third-order valence-corrected chi connectivity index (χ3v) is 1.17. The predicted molar refractivity (Wildman–Crippen MR) is 43.6 cm³/mol. The SMILES string of the molecule is C#C.CCCC(C(=O)O)C(=O)O. The lowest BCUT2D eigenvalue weighted by Gasteiger charge is -2.02. The maximum Gasteiger partial charge on any atom is 0.317 e. The Morgan fingerprint density at radius 3 is 1.67 bits per heavy atom. The van der Waals surface area contributed by atoms with Gasteiger partial charge in [-0.2, -0.15) is 0 Å². The van der Waals surface area contributed by atoms with Crippen molar-refractivity contribution in [1.29, 1.82) is 0 Å². The second-order valence-corrected chi connectivity index (χ2v) is 2.02. The van der Waals surface area contributed by atoms with Gasteiger partial charge in [0.05, 0.1) is 0 Å². The molecule has 12 heavy (non-hydrogen) atoms. The van der Waals surface area contributed by atoms with Crippen LogP contribution in [0.25, 0.3) is 0 Å². The summed E-state index contributed by atoms with van der Waals surface area (Å²) in [6, 6.07) is 0. The van der Waals surface area contributed by atoms with Crippen LogP contribution in [0.1, 0.15) is 19.8 Å². The fourth-order valence-corrected chi connectivity index (χ4v) is 0.641. The van der Waals surface area contributed by atoms with Gasteiger partial charge in [0.15, 0.2) is 5.92 Å². The first-order valence-corrected chi connectivity index (χ1v) is 3.38. The summed E-state index contributed by atoms with van der Waals surface area (Å²) in [5, 5.41) is 16.6. The molecule has 0 atom stereocenters. The van der Waals surface area contributed by atoms with Crippen LogP contribution in [-0.4, -0.2) is 22.2 Å². The minimum atomic E-state index is -1.26. The summed E-state index contributed by atoms with van der Waals surface area (Å²) in [5.41, 5.74) is 0. The average Bonchev–Trinajstić information content (AvgIpc) is 2.03. The van der Waals surface area contributed by atoms with Gasteiger partial charge in [-0.15, -0.1) is 12.8 Å². The van der Waals surface area contributed by atoms with Gasteiger partial charge in [0.2, 0.25) is 0 Å². The molecule has 0 radical (unpaired) electrons. The topological polar surface area (TPSA) is 74.6 Å². The van der Waals surface area contributed by atoms with Gasteiger partial charge in [0, 0.05) is 0 Å². The van der Waals surface area contributed by atoms with Crippen molar-refractivity contribution < 1.29 is 19.8 Å². The van der Waals surface area contributed by atoms with Gasteiger partial charge in [0.1, 0.15) is 0 Å². The summed E-state index contributed by atoms with van der Waals surface area (Å²) in [7, 11) is 0. The second kappa shape index (κ2) is 7.61. The molecule has 0 spiro atoms. The zero-order valence-corrected chi connectivity index (χ0v) is 6.86. The van der Waals surface area contributed by atoms with E-state index in [0.29, 0.717) is 6.42 Å². The largest absolute Gasteiger partial charge is 0.481 e. The van der Waals surface area contributed by atoms with E-state index in [1.54, 1.807) is 6.92 Å². The van der Waals surface area contributed by atoms with Gasteiger partial charge in [-0.1, -0.05) is 13.3 Å². The predicted octanol–water partition coefficient (Wildman–Crippen LogP) is 0.821. The molecule has 0 saturated heterocycles. The summed E-state index contributed by atoms with van der Waals surface area (Å²) in [6.07, 6.45) is 8.77. The Morgan fingerprint density at radius 1 is 1.25 bits per heavy atom. The lowest BCUT2D eigenvalue weighted by atomic mass is 10.1. The zero-order chi connectivity index (χ0) is 10.1. The van der Waals surface area contributed by atoms with Crippen molar-refractivity contribution in [2.45, 2.75) is 19.8 Å². The van der Waals surface area contributed by atoms with Crippen molar-refractivity contribution in [2.75, 3.05) is 0 Å². The number of hydrogen-bond donors (Lipinski definition) is 2. The molecule has 0 saturated carbocycles. The van der Waals surface area contributed by atoms with E-state index in [1.165, 1.54) is 0 Å². The average molecular weight is 172 g/mol. The molecule has 68 valence electrons. The Balaban J connectivity index is 0. The third-order valence-electron chi connectivity index (χ3n) is 1.17. The molecule has 0 bridgehead atoms. The molecule has 4 nitrogen and oxygen atoms in total. The van der Waals surface area contributed by atoms with Crippen LogP contribution >= 0.6 is 0 Å². The van der Waals surface area contributed by atoms with Crippen LogP contribution in [0.5, 0.6) is 0 Å². The maximum atomic E-state index is 10.2. The van der Waals surface area contributed by atoms with Gasteiger partial charge in [-0.25, -0.2) is 0 Å². The summed E-state index contributed by atoms with van der Waals surface area (Å²) >= 11 is 0. The van der Waals surface area contributed by atoms with Crippen molar-refractivity contribution in [1.82, 2.24) is 0 Å². The third kappa shape index (κ3) is 5.30. The lowest BCUT2D eigenvalue weighted by molar-refractivity contribution is -0.154. The summed E-state index contributed by atoms with van der Waals surface area (Å²) in [5.74, 6) is -3.74. The van der Waals surface area contributed by atoms with Crippen molar-refractivity contribution in [2.24, 2.45) is 5.92 Å². The van der Waals surface area contributed by atoms with E-state index in [1.807, 2.05) is 0 Å². The van der Waals surface area contributed by atoms with E-state index < -0.39 is 17.9 Å². The van der Waals surface area contributed by atoms with Gasteiger partial charge in [-0.3, -0.25) is 9.59 Å². The molecule has 0 aliphatic rings. The minimum Gasteiger partial charge on any atom is -0.481 e. The monoisotopic (exact) mass is 172 g/mol. The number of carboxylic acid groups (broad SMARTS) is 2. The van der Waals surface area contributed by atoms with Crippen LogP contribution in [0.2, 0.25) is 0 Å². The highest BCUT2D eigenvalue weighted by atomic mass is 16.4. The highest BCUT2D eigenvalue weighted by Gasteiger charge is 2.23. The molecule has 0 aliphatic heterocycles. The molecule has 0 unspecified atom stereocenters. The van der Waals surface area contributed by atoms with E-state index in [9.17, 15) is 9.59 Å². The molecule has 0 amide bonds. The van der Waals surface area contributed by atoms with Crippen molar-refractivity contribution in [3.05, 3.63) is 0 Å². The summed E-state index contributed by atoms with van der Waals surface area (Å²) in [4.78, 5) is 20.3. The first kappa shape index (κ1) is 13.1. The van der Waals surface area contributed by atoms with Crippen LogP contribution in [0.4, 0.5) is 0 Å². The van der Waals surface area contributed by atoms with Gasteiger partial charge in [-0.05, 0) is 6.42 Å². The van der Waals surface area contributed by atoms with E-state index in [4.69, 9.17) is 10.2 Å². The molecular weight excluding hydrogens is 160 g/mol. The Labute approximate surface area is 71.2 Å². The quantitative estimate of drug-likeness (QED) is 0.486. The summed E-state index contributed by atoms with van der Waals surface area (Å²) < 4.78 is 0. The summed E-state index contributed by atoms with van der Waals surface area (Å²) in [6.45, 7) is 1.75.